The smallest absolute Gasteiger partial charge is 0.144 e. The minimum Gasteiger partial charge on any atom is -0.492 e. The van der Waals surface area contributed by atoms with Crippen molar-refractivity contribution in [1.82, 2.24) is 4.90 Å². The SMILES string of the molecule is CCOc1cccc(N2CC3CCCCN3CC2C)c1N. The molecule has 0 aromatic heterocycles. The van der Waals surface area contributed by atoms with Crippen molar-refractivity contribution in [2.24, 2.45) is 0 Å². The van der Waals surface area contributed by atoms with Gasteiger partial charge in [0, 0.05) is 25.2 Å². The van der Waals surface area contributed by atoms with E-state index >= 15 is 0 Å². The van der Waals surface area contributed by atoms with Crippen LogP contribution in [0.4, 0.5) is 11.4 Å². The van der Waals surface area contributed by atoms with Crippen LogP contribution >= 0.6 is 0 Å². The van der Waals surface area contributed by atoms with Crippen molar-refractivity contribution in [1.29, 1.82) is 0 Å². The van der Waals surface area contributed by atoms with Crippen LogP contribution in [0.25, 0.3) is 0 Å². The third-order valence-electron chi connectivity index (χ3n) is 4.84. The van der Waals surface area contributed by atoms with Gasteiger partial charge in [0.05, 0.1) is 18.0 Å². The molecular weight excluding hydrogens is 262 g/mol. The molecule has 0 radical (unpaired) electrons. The minimum absolute atomic E-state index is 0.499. The second-order valence-electron chi connectivity index (χ2n) is 6.27. The quantitative estimate of drug-likeness (QED) is 0.869. The Morgan fingerprint density at radius 2 is 2.14 bits per heavy atom. The fourth-order valence-electron chi connectivity index (χ4n) is 3.75. The zero-order valence-corrected chi connectivity index (χ0v) is 13.2. The van der Waals surface area contributed by atoms with Crippen LogP contribution in [0.15, 0.2) is 18.2 Å². The van der Waals surface area contributed by atoms with Crippen molar-refractivity contribution in [2.75, 3.05) is 36.9 Å². The maximum Gasteiger partial charge on any atom is 0.144 e. The molecular formula is C17H27N3O. The summed E-state index contributed by atoms with van der Waals surface area (Å²) in [6.45, 7) is 8.44. The lowest BCUT2D eigenvalue weighted by molar-refractivity contribution is 0.115. The van der Waals surface area contributed by atoms with Gasteiger partial charge in [-0.2, -0.15) is 0 Å². The fourth-order valence-corrected chi connectivity index (χ4v) is 3.75. The standard InChI is InChI=1S/C17H27N3O/c1-3-21-16-9-6-8-15(17(16)18)20-12-14-7-4-5-10-19(14)11-13(20)2/h6,8-9,13-14H,3-5,7,10-12,18H2,1-2H3. The maximum absolute atomic E-state index is 6.35. The van der Waals surface area contributed by atoms with Gasteiger partial charge in [-0.05, 0) is 45.4 Å². The predicted octanol–water partition coefficient (Wildman–Crippen LogP) is 2.73. The van der Waals surface area contributed by atoms with Crippen LogP contribution in [0.2, 0.25) is 0 Å². The Kier molecular flexibility index (Phi) is 4.24. The topological polar surface area (TPSA) is 41.7 Å². The lowest BCUT2D eigenvalue weighted by Crippen LogP contribution is -2.59. The first-order valence-corrected chi connectivity index (χ1v) is 8.22. The number of hydrogen-bond acceptors (Lipinski definition) is 4. The van der Waals surface area contributed by atoms with Gasteiger partial charge in [0.2, 0.25) is 0 Å². The van der Waals surface area contributed by atoms with Crippen LogP contribution in [0.1, 0.15) is 33.1 Å². The summed E-state index contributed by atoms with van der Waals surface area (Å²) in [7, 11) is 0. The molecule has 0 bridgehead atoms. The van der Waals surface area contributed by atoms with E-state index in [9.17, 15) is 0 Å². The molecule has 3 rings (SSSR count). The Morgan fingerprint density at radius 1 is 1.29 bits per heavy atom. The van der Waals surface area contributed by atoms with Gasteiger partial charge in [-0.3, -0.25) is 4.90 Å². The second kappa shape index (κ2) is 6.14. The number of nitrogen functional groups attached to an aromatic ring is 1. The van der Waals surface area contributed by atoms with Crippen LogP contribution in [-0.4, -0.2) is 43.2 Å². The summed E-state index contributed by atoms with van der Waals surface area (Å²) in [4.78, 5) is 5.14. The van der Waals surface area contributed by atoms with Crippen LogP contribution in [-0.2, 0) is 0 Å². The van der Waals surface area contributed by atoms with Gasteiger partial charge in [0.15, 0.2) is 0 Å². The van der Waals surface area contributed by atoms with E-state index in [-0.39, 0.29) is 0 Å². The Bertz CT molecular complexity index is 491. The maximum atomic E-state index is 6.35. The highest BCUT2D eigenvalue weighted by atomic mass is 16.5. The molecule has 2 aliphatic rings. The molecule has 2 aliphatic heterocycles. The molecule has 0 amide bonds. The summed E-state index contributed by atoms with van der Waals surface area (Å²) in [6, 6.07) is 7.33. The normalized spacial score (nSPS) is 26.5. The van der Waals surface area contributed by atoms with Crippen molar-refractivity contribution >= 4 is 11.4 Å². The molecule has 0 aliphatic carbocycles. The Balaban J connectivity index is 1.84. The third kappa shape index (κ3) is 2.82. The Labute approximate surface area is 127 Å². The molecule has 1 aromatic rings. The van der Waals surface area contributed by atoms with Crippen molar-refractivity contribution in [3.63, 3.8) is 0 Å². The summed E-state index contributed by atoms with van der Waals surface area (Å²) in [5, 5.41) is 0. The van der Waals surface area contributed by atoms with Crippen LogP contribution in [0.3, 0.4) is 0 Å². The predicted molar refractivity (Wildman–Crippen MR) is 88.0 cm³/mol. The summed E-state index contributed by atoms with van der Waals surface area (Å²) in [5.41, 5.74) is 8.28. The highest BCUT2D eigenvalue weighted by Crippen LogP contribution is 2.36. The van der Waals surface area contributed by atoms with Crippen LogP contribution in [0.5, 0.6) is 5.75 Å². The second-order valence-corrected chi connectivity index (χ2v) is 6.27. The largest absolute Gasteiger partial charge is 0.492 e. The molecule has 1 aromatic carbocycles. The highest BCUT2D eigenvalue weighted by molar-refractivity contribution is 5.74. The van der Waals surface area contributed by atoms with E-state index in [1.165, 1.54) is 25.8 Å². The Morgan fingerprint density at radius 3 is 2.95 bits per heavy atom. The zero-order valence-electron chi connectivity index (χ0n) is 13.2. The molecule has 4 nitrogen and oxygen atoms in total. The van der Waals surface area contributed by atoms with Gasteiger partial charge in [-0.1, -0.05) is 12.5 Å². The van der Waals surface area contributed by atoms with Gasteiger partial charge >= 0.3 is 0 Å². The molecule has 116 valence electrons. The molecule has 2 unspecified atom stereocenters. The average Bonchev–Trinajstić information content (AvgIpc) is 2.49. The summed E-state index contributed by atoms with van der Waals surface area (Å²) in [6.07, 6.45) is 4.03. The van der Waals surface area contributed by atoms with Crippen molar-refractivity contribution in [3.05, 3.63) is 18.2 Å². The van der Waals surface area contributed by atoms with Gasteiger partial charge in [0.1, 0.15) is 5.75 Å². The molecule has 2 saturated heterocycles. The number of para-hydroxylation sites is 1. The average molecular weight is 289 g/mol. The lowest BCUT2D eigenvalue weighted by atomic mass is 9.96. The number of piperazine rings is 1. The molecule has 2 fully saturated rings. The molecule has 0 spiro atoms. The third-order valence-corrected chi connectivity index (χ3v) is 4.84. The van der Waals surface area contributed by atoms with E-state index in [0.717, 1.165) is 30.2 Å². The molecule has 4 heteroatoms. The molecule has 21 heavy (non-hydrogen) atoms. The van der Waals surface area contributed by atoms with Crippen LogP contribution < -0.4 is 15.4 Å². The number of nitrogens with two attached hydrogens (primary N) is 1. The number of anilines is 2. The number of nitrogens with zero attached hydrogens (tertiary/aromatic N) is 2. The zero-order chi connectivity index (χ0) is 14.8. The van der Waals surface area contributed by atoms with Gasteiger partial charge in [0.25, 0.3) is 0 Å². The minimum atomic E-state index is 0.499. The number of fused-ring (bicyclic) bond motifs is 1. The number of benzene rings is 1. The Hall–Kier alpha value is -1.42. The first kappa shape index (κ1) is 14.5. The number of piperidine rings is 1. The monoisotopic (exact) mass is 289 g/mol. The van der Waals surface area contributed by atoms with Gasteiger partial charge < -0.3 is 15.4 Å². The van der Waals surface area contributed by atoms with E-state index in [1.54, 1.807) is 0 Å². The van der Waals surface area contributed by atoms with Crippen molar-refractivity contribution < 1.29 is 4.74 Å². The van der Waals surface area contributed by atoms with E-state index < -0.39 is 0 Å². The van der Waals surface area contributed by atoms with E-state index in [2.05, 4.69) is 28.9 Å². The van der Waals surface area contributed by atoms with Crippen LogP contribution in [0, 0.1) is 0 Å². The first-order valence-electron chi connectivity index (χ1n) is 8.22. The number of ether oxygens (including phenoxy) is 1. The molecule has 2 N–H and O–H groups in total. The first-order chi connectivity index (χ1) is 10.2. The lowest BCUT2D eigenvalue weighted by Gasteiger charge is -2.48. The van der Waals surface area contributed by atoms with E-state index in [0.29, 0.717) is 18.7 Å². The number of rotatable bonds is 3. The van der Waals surface area contributed by atoms with Gasteiger partial charge in [-0.25, -0.2) is 0 Å². The number of hydrogen-bond donors (Lipinski definition) is 1. The van der Waals surface area contributed by atoms with Crippen molar-refractivity contribution in [3.8, 4) is 5.75 Å². The van der Waals surface area contributed by atoms with E-state index in [1.807, 2.05) is 13.0 Å². The summed E-state index contributed by atoms with van der Waals surface area (Å²) < 4.78 is 5.65. The van der Waals surface area contributed by atoms with Gasteiger partial charge in [-0.15, -0.1) is 0 Å². The van der Waals surface area contributed by atoms with Crippen molar-refractivity contribution in [2.45, 2.75) is 45.2 Å². The fraction of sp³-hybridized carbons (Fsp3) is 0.647. The summed E-state index contributed by atoms with van der Waals surface area (Å²) >= 11 is 0. The summed E-state index contributed by atoms with van der Waals surface area (Å²) in [5.74, 6) is 0.813. The molecule has 2 heterocycles. The highest BCUT2D eigenvalue weighted by Gasteiger charge is 2.33. The molecule has 0 saturated carbocycles. The van der Waals surface area contributed by atoms with E-state index in [4.69, 9.17) is 10.5 Å². The molecule has 2 atom stereocenters.